The van der Waals surface area contributed by atoms with Gasteiger partial charge in [0.1, 0.15) is 0 Å². The number of nitrogens with zero attached hydrogens (tertiary/aromatic N) is 1. The molecule has 1 saturated carbocycles. The Bertz CT molecular complexity index is 1060. The zero-order valence-corrected chi connectivity index (χ0v) is 21.6. The largest absolute Gasteiger partial charge is 0.390 e. The van der Waals surface area contributed by atoms with Crippen LogP contribution in [-0.4, -0.2) is 54.7 Å². The summed E-state index contributed by atoms with van der Waals surface area (Å²) in [4.78, 5) is 27.2. The fraction of sp³-hybridized carbons (Fsp3) is 0.517. The Morgan fingerprint density at radius 3 is 2.57 bits per heavy atom. The molecule has 4 N–H and O–H groups in total. The summed E-state index contributed by atoms with van der Waals surface area (Å²) in [6.07, 6.45) is 6.36. The van der Waals surface area contributed by atoms with Crippen molar-refractivity contribution in [3.05, 3.63) is 59.4 Å². The van der Waals surface area contributed by atoms with E-state index in [2.05, 4.69) is 16.0 Å². The molecule has 0 aromatic heterocycles. The first-order valence-electron chi connectivity index (χ1n) is 13.6. The minimum atomic E-state index is -0.856. The summed E-state index contributed by atoms with van der Waals surface area (Å²) in [7, 11) is 0. The first-order valence-corrected chi connectivity index (χ1v) is 13.6. The molecule has 4 rings (SSSR count). The van der Waals surface area contributed by atoms with Crippen molar-refractivity contribution in [3.63, 3.8) is 0 Å². The smallest absolute Gasteiger partial charge is 0.254 e. The number of nitrogens with one attached hydrogen (secondary N) is 3. The van der Waals surface area contributed by atoms with Gasteiger partial charge in [-0.25, -0.2) is 4.39 Å². The molecule has 200 valence electrons. The molecule has 0 radical (unpaired) electrons. The molecule has 2 aromatic rings. The molecule has 1 aliphatic carbocycles. The highest BCUT2D eigenvalue weighted by Crippen LogP contribution is 2.30. The van der Waals surface area contributed by atoms with Crippen LogP contribution in [0.25, 0.3) is 0 Å². The third-order valence-corrected chi connectivity index (χ3v) is 7.34. The minimum Gasteiger partial charge on any atom is -0.390 e. The van der Waals surface area contributed by atoms with E-state index in [-0.39, 0.29) is 17.2 Å². The van der Waals surface area contributed by atoms with Crippen molar-refractivity contribution in [2.45, 2.75) is 76.5 Å². The third-order valence-electron chi connectivity index (χ3n) is 7.34. The molecule has 2 fully saturated rings. The van der Waals surface area contributed by atoms with Gasteiger partial charge in [-0.05, 0) is 50.3 Å². The van der Waals surface area contributed by atoms with Gasteiger partial charge in [0.2, 0.25) is 5.91 Å². The SMILES string of the molecule is CCNc1cc(C(=O)N[C@@H](Cc2ccccc2)[C@H](O)CNC2CCCCC2)c(F)c(N2CCCC2=O)c1. The van der Waals surface area contributed by atoms with Crippen molar-refractivity contribution in [2.75, 3.05) is 29.9 Å². The number of carbonyl (C=O) groups is 2. The summed E-state index contributed by atoms with van der Waals surface area (Å²) >= 11 is 0. The molecule has 0 spiro atoms. The summed E-state index contributed by atoms with van der Waals surface area (Å²) in [5.41, 5.74) is 1.52. The van der Waals surface area contributed by atoms with E-state index < -0.39 is 23.9 Å². The van der Waals surface area contributed by atoms with Crippen molar-refractivity contribution in [3.8, 4) is 0 Å². The Labute approximate surface area is 218 Å². The molecule has 7 nitrogen and oxygen atoms in total. The normalized spacial score (nSPS) is 18.0. The van der Waals surface area contributed by atoms with E-state index in [1.54, 1.807) is 6.07 Å². The number of carbonyl (C=O) groups excluding carboxylic acids is 2. The average molecular weight is 511 g/mol. The molecule has 8 heteroatoms. The highest BCUT2D eigenvalue weighted by atomic mass is 19.1. The lowest BCUT2D eigenvalue weighted by atomic mass is 9.95. The van der Waals surface area contributed by atoms with E-state index in [1.165, 1.54) is 30.2 Å². The van der Waals surface area contributed by atoms with Crippen LogP contribution in [0, 0.1) is 5.82 Å². The van der Waals surface area contributed by atoms with Gasteiger partial charge in [-0.3, -0.25) is 9.59 Å². The molecule has 0 unspecified atom stereocenters. The Morgan fingerprint density at radius 2 is 1.89 bits per heavy atom. The number of rotatable bonds is 11. The van der Waals surface area contributed by atoms with E-state index >= 15 is 4.39 Å². The predicted molar refractivity (Wildman–Crippen MR) is 144 cm³/mol. The first kappa shape index (κ1) is 27.1. The Morgan fingerprint density at radius 1 is 1.14 bits per heavy atom. The van der Waals surface area contributed by atoms with Gasteiger partial charge in [-0.2, -0.15) is 0 Å². The first-order chi connectivity index (χ1) is 18.0. The van der Waals surface area contributed by atoms with Crippen molar-refractivity contribution in [2.24, 2.45) is 0 Å². The summed E-state index contributed by atoms with van der Waals surface area (Å²) in [5, 5.41) is 20.6. The van der Waals surface area contributed by atoms with Crippen molar-refractivity contribution >= 4 is 23.2 Å². The second-order valence-electron chi connectivity index (χ2n) is 10.1. The number of halogens is 1. The predicted octanol–water partition coefficient (Wildman–Crippen LogP) is 4.01. The molecule has 2 aliphatic rings. The molecule has 2 atom stereocenters. The van der Waals surface area contributed by atoms with Gasteiger partial charge in [0.15, 0.2) is 5.82 Å². The van der Waals surface area contributed by atoms with Crippen LogP contribution < -0.4 is 20.9 Å². The summed E-state index contributed by atoms with van der Waals surface area (Å²) in [6, 6.07) is 12.5. The highest BCUT2D eigenvalue weighted by molar-refractivity contribution is 6.00. The number of benzene rings is 2. The molecule has 0 bridgehead atoms. The lowest BCUT2D eigenvalue weighted by Gasteiger charge is -2.29. The van der Waals surface area contributed by atoms with Crippen molar-refractivity contribution in [1.82, 2.24) is 10.6 Å². The standard InChI is InChI=1S/C29H39FN4O3/c1-2-31-22-17-23(28(30)25(18-22)34-15-9-14-27(34)36)29(37)33-24(16-20-10-5-3-6-11-20)26(35)19-32-21-12-7-4-8-13-21/h3,5-6,10-11,17-18,21,24,26,31-32,35H,2,4,7-9,12-16,19H2,1H3,(H,33,37)/t24-,26+/m0/s1. The van der Waals surface area contributed by atoms with E-state index in [9.17, 15) is 14.7 Å². The monoisotopic (exact) mass is 510 g/mol. The Hall–Kier alpha value is -2.97. The van der Waals surface area contributed by atoms with Gasteiger partial charge < -0.3 is 26.0 Å². The minimum absolute atomic E-state index is 0.116. The number of amides is 2. The van der Waals surface area contributed by atoms with Gasteiger partial charge in [-0.1, -0.05) is 49.6 Å². The maximum atomic E-state index is 15.7. The average Bonchev–Trinajstić information content (AvgIpc) is 3.34. The molecular formula is C29H39FN4O3. The van der Waals surface area contributed by atoms with Crippen LogP contribution in [0.1, 0.15) is 67.8 Å². The third kappa shape index (κ3) is 7.08. The fourth-order valence-electron chi connectivity index (χ4n) is 5.31. The number of aliphatic hydroxyl groups is 1. The molecule has 37 heavy (non-hydrogen) atoms. The topological polar surface area (TPSA) is 93.7 Å². The van der Waals surface area contributed by atoms with Crippen LogP contribution >= 0.6 is 0 Å². The van der Waals surface area contributed by atoms with Crippen LogP contribution in [-0.2, 0) is 11.2 Å². The highest BCUT2D eigenvalue weighted by Gasteiger charge is 2.30. The second-order valence-corrected chi connectivity index (χ2v) is 10.1. The molecule has 1 aliphatic heterocycles. The number of anilines is 2. The Kier molecular flexibility index (Phi) is 9.52. The van der Waals surface area contributed by atoms with Crippen LogP contribution in [0.3, 0.4) is 0 Å². The van der Waals surface area contributed by atoms with Gasteiger partial charge >= 0.3 is 0 Å². The number of hydrogen-bond acceptors (Lipinski definition) is 5. The van der Waals surface area contributed by atoms with Crippen LogP contribution in [0.5, 0.6) is 0 Å². The molecule has 1 saturated heterocycles. The van der Waals surface area contributed by atoms with E-state index in [0.29, 0.717) is 50.6 Å². The quantitative estimate of drug-likeness (QED) is 0.367. The summed E-state index contributed by atoms with van der Waals surface area (Å²) in [6.45, 7) is 3.27. The lowest BCUT2D eigenvalue weighted by Crippen LogP contribution is -2.50. The van der Waals surface area contributed by atoms with Gasteiger partial charge in [0.25, 0.3) is 5.91 Å². The van der Waals surface area contributed by atoms with Crippen molar-refractivity contribution in [1.29, 1.82) is 0 Å². The van der Waals surface area contributed by atoms with Gasteiger partial charge in [-0.15, -0.1) is 0 Å². The summed E-state index contributed by atoms with van der Waals surface area (Å²) in [5.74, 6) is -1.48. The van der Waals surface area contributed by atoms with Gasteiger partial charge in [0, 0.05) is 37.8 Å². The molecule has 1 heterocycles. The number of aliphatic hydroxyl groups excluding tert-OH is 1. The molecule has 2 amide bonds. The molecular weight excluding hydrogens is 471 g/mol. The maximum Gasteiger partial charge on any atom is 0.254 e. The lowest BCUT2D eigenvalue weighted by molar-refractivity contribution is -0.117. The van der Waals surface area contributed by atoms with E-state index in [0.717, 1.165) is 18.4 Å². The fourth-order valence-corrected chi connectivity index (χ4v) is 5.31. The Balaban J connectivity index is 1.55. The zero-order valence-electron chi connectivity index (χ0n) is 21.6. The van der Waals surface area contributed by atoms with E-state index in [4.69, 9.17) is 0 Å². The number of hydrogen-bond donors (Lipinski definition) is 4. The summed E-state index contributed by atoms with van der Waals surface area (Å²) < 4.78 is 15.7. The van der Waals surface area contributed by atoms with Crippen molar-refractivity contribution < 1.29 is 19.1 Å². The van der Waals surface area contributed by atoms with Crippen LogP contribution in [0.4, 0.5) is 15.8 Å². The zero-order chi connectivity index (χ0) is 26.2. The second kappa shape index (κ2) is 13.0. The maximum absolute atomic E-state index is 15.7. The van der Waals surface area contributed by atoms with Gasteiger partial charge in [0.05, 0.1) is 23.4 Å². The van der Waals surface area contributed by atoms with Crippen LogP contribution in [0.15, 0.2) is 42.5 Å². The van der Waals surface area contributed by atoms with E-state index in [1.807, 2.05) is 37.3 Å². The molecule has 2 aromatic carbocycles. The van der Waals surface area contributed by atoms with Crippen LogP contribution in [0.2, 0.25) is 0 Å².